The second kappa shape index (κ2) is 5.63. The zero-order valence-corrected chi connectivity index (χ0v) is 12.1. The highest BCUT2D eigenvalue weighted by Crippen LogP contribution is 2.22. The summed E-state index contributed by atoms with van der Waals surface area (Å²) >= 11 is 5.52. The van der Waals surface area contributed by atoms with Gasteiger partial charge in [-0.2, -0.15) is 0 Å². The van der Waals surface area contributed by atoms with Crippen molar-refractivity contribution in [3.05, 3.63) is 56.0 Å². The van der Waals surface area contributed by atoms with E-state index < -0.39 is 0 Å². The van der Waals surface area contributed by atoms with Crippen LogP contribution in [0.1, 0.15) is 11.3 Å². The van der Waals surface area contributed by atoms with Crippen molar-refractivity contribution < 1.29 is 4.42 Å². The molecule has 0 aliphatic carbocycles. The zero-order valence-electron chi connectivity index (χ0n) is 8.36. The van der Waals surface area contributed by atoms with E-state index in [1.807, 2.05) is 24.3 Å². The van der Waals surface area contributed by atoms with E-state index in [4.69, 9.17) is 4.42 Å². The summed E-state index contributed by atoms with van der Waals surface area (Å²) in [5.41, 5.74) is 1.19. The first-order valence-corrected chi connectivity index (χ1v) is 6.61. The van der Waals surface area contributed by atoms with E-state index >= 15 is 0 Å². The quantitative estimate of drug-likeness (QED) is 0.568. The van der Waals surface area contributed by atoms with Gasteiger partial charge in [0.1, 0.15) is 5.76 Å². The Morgan fingerprint density at radius 1 is 1.31 bits per heavy atom. The molecule has 0 bridgehead atoms. The van der Waals surface area contributed by atoms with Gasteiger partial charge in [-0.3, -0.25) is 4.99 Å². The first-order valence-electron chi connectivity index (χ1n) is 4.74. The SMILES string of the molecule is Brc1cc(C=NCc2ccccc2)oc1I. The predicted molar refractivity (Wildman–Crippen MR) is 76.9 cm³/mol. The number of furan rings is 1. The van der Waals surface area contributed by atoms with Crippen molar-refractivity contribution in [1.82, 2.24) is 0 Å². The van der Waals surface area contributed by atoms with Crippen LogP contribution < -0.4 is 0 Å². The monoisotopic (exact) mass is 389 g/mol. The molecule has 0 atom stereocenters. The van der Waals surface area contributed by atoms with Crippen LogP contribution in [0.2, 0.25) is 0 Å². The van der Waals surface area contributed by atoms with Crippen molar-refractivity contribution >= 4 is 44.7 Å². The largest absolute Gasteiger partial charge is 0.448 e. The normalized spacial score (nSPS) is 11.1. The molecule has 2 rings (SSSR count). The molecule has 16 heavy (non-hydrogen) atoms. The third kappa shape index (κ3) is 3.18. The van der Waals surface area contributed by atoms with Gasteiger partial charge in [0.15, 0.2) is 3.77 Å². The number of halogens is 2. The van der Waals surface area contributed by atoms with Crippen LogP contribution in [0.15, 0.2) is 50.3 Å². The van der Waals surface area contributed by atoms with Gasteiger partial charge in [0.05, 0.1) is 17.2 Å². The van der Waals surface area contributed by atoms with Crippen molar-refractivity contribution in [3.8, 4) is 0 Å². The van der Waals surface area contributed by atoms with Crippen LogP contribution in [-0.2, 0) is 6.54 Å². The van der Waals surface area contributed by atoms with E-state index in [9.17, 15) is 0 Å². The highest BCUT2D eigenvalue weighted by molar-refractivity contribution is 14.1. The maximum atomic E-state index is 5.44. The van der Waals surface area contributed by atoms with Crippen molar-refractivity contribution in [1.29, 1.82) is 0 Å². The number of hydrogen-bond acceptors (Lipinski definition) is 2. The number of rotatable bonds is 3. The van der Waals surface area contributed by atoms with Gasteiger partial charge in [0.2, 0.25) is 0 Å². The molecule has 0 saturated heterocycles. The standard InChI is InChI=1S/C12H9BrINO/c13-11-6-10(16-12(11)14)8-15-7-9-4-2-1-3-5-9/h1-6,8H,7H2. The molecular formula is C12H9BrINO. The van der Waals surface area contributed by atoms with Crippen LogP contribution in [0, 0.1) is 3.77 Å². The van der Waals surface area contributed by atoms with Gasteiger partial charge in [0, 0.05) is 28.7 Å². The maximum Gasteiger partial charge on any atom is 0.178 e. The Balaban J connectivity index is 2.00. The van der Waals surface area contributed by atoms with Crippen LogP contribution >= 0.6 is 38.5 Å². The van der Waals surface area contributed by atoms with E-state index in [1.165, 1.54) is 5.56 Å². The van der Waals surface area contributed by atoms with Gasteiger partial charge in [-0.1, -0.05) is 30.3 Å². The highest BCUT2D eigenvalue weighted by Gasteiger charge is 2.02. The Morgan fingerprint density at radius 2 is 2.06 bits per heavy atom. The number of hydrogen-bond donors (Lipinski definition) is 0. The lowest BCUT2D eigenvalue weighted by Crippen LogP contribution is -1.81. The summed E-state index contributed by atoms with van der Waals surface area (Å²) in [7, 11) is 0. The van der Waals surface area contributed by atoms with E-state index in [2.05, 4.69) is 55.6 Å². The highest BCUT2D eigenvalue weighted by atomic mass is 127. The lowest BCUT2D eigenvalue weighted by Gasteiger charge is -1.93. The fourth-order valence-electron chi connectivity index (χ4n) is 1.25. The van der Waals surface area contributed by atoms with Crippen LogP contribution in [0.25, 0.3) is 0 Å². The summed E-state index contributed by atoms with van der Waals surface area (Å²) in [5.74, 6) is 0.771. The molecule has 0 N–H and O–H groups in total. The lowest BCUT2D eigenvalue weighted by atomic mass is 10.2. The van der Waals surface area contributed by atoms with Crippen LogP contribution in [0.3, 0.4) is 0 Å². The van der Waals surface area contributed by atoms with Gasteiger partial charge in [-0.05, 0) is 21.5 Å². The van der Waals surface area contributed by atoms with E-state index in [1.54, 1.807) is 6.21 Å². The summed E-state index contributed by atoms with van der Waals surface area (Å²) in [5, 5.41) is 0. The lowest BCUT2D eigenvalue weighted by molar-refractivity contribution is 0.529. The van der Waals surface area contributed by atoms with Gasteiger partial charge in [0.25, 0.3) is 0 Å². The summed E-state index contributed by atoms with van der Waals surface area (Å²) in [6.07, 6.45) is 1.75. The Hall–Kier alpha value is -0.620. The van der Waals surface area contributed by atoms with Gasteiger partial charge >= 0.3 is 0 Å². The second-order valence-corrected chi connectivity index (χ2v) is 5.06. The maximum absolute atomic E-state index is 5.44. The van der Waals surface area contributed by atoms with Crippen molar-refractivity contribution in [2.75, 3.05) is 0 Å². The first kappa shape index (κ1) is 11.9. The number of aliphatic imine (C=N–C) groups is 1. The van der Waals surface area contributed by atoms with Gasteiger partial charge in [-0.25, -0.2) is 0 Å². The number of benzene rings is 1. The molecule has 1 aromatic heterocycles. The van der Waals surface area contributed by atoms with Crippen molar-refractivity contribution in [3.63, 3.8) is 0 Å². The third-order valence-electron chi connectivity index (χ3n) is 2.00. The van der Waals surface area contributed by atoms with E-state index in [-0.39, 0.29) is 0 Å². The van der Waals surface area contributed by atoms with Crippen LogP contribution in [0.4, 0.5) is 0 Å². The van der Waals surface area contributed by atoms with Crippen LogP contribution in [-0.4, -0.2) is 6.21 Å². The molecule has 0 unspecified atom stereocenters. The van der Waals surface area contributed by atoms with Crippen LogP contribution in [0.5, 0.6) is 0 Å². The molecule has 0 aliphatic heterocycles. The van der Waals surface area contributed by atoms with Crippen molar-refractivity contribution in [2.24, 2.45) is 4.99 Å². The first-order chi connectivity index (χ1) is 7.75. The van der Waals surface area contributed by atoms with E-state index in [0.717, 1.165) is 14.0 Å². The molecule has 82 valence electrons. The molecule has 2 aromatic rings. The minimum Gasteiger partial charge on any atom is -0.448 e. The molecular weight excluding hydrogens is 381 g/mol. The molecule has 0 spiro atoms. The summed E-state index contributed by atoms with van der Waals surface area (Å²) in [4.78, 5) is 4.32. The molecule has 0 radical (unpaired) electrons. The molecule has 1 heterocycles. The Bertz CT molecular complexity index is 473. The molecule has 1 aromatic carbocycles. The average Bonchev–Trinajstić information content (AvgIpc) is 2.60. The summed E-state index contributed by atoms with van der Waals surface area (Å²) in [6.45, 7) is 0.676. The molecule has 4 heteroatoms. The van der Waals surface area contributed by atoms with E-state index in [0.29, 0.717) is 6.54 Å². The van der Waals surface area contributed by atoms with Gasteiger partial charge < -0.3 is 4.42 Å². The fraction of sp³-hybridized carbons (Fsp3) is 0.0833. The summed E-state index contributed by atoms with van der Waals surface area (Å²) in [6, 6.07) is 12.0. The molecule has 0 amide bonds. The van der Waals surface area contributed by atoms with Gasteiger partial charge in [-0.15, -0.1) is 0 Å². The smallest absolute Gasteiger partial charge is 0.178 e. The second-order valence-electron chi connectivity index (χ2n) is 3.23. The zero-order chi connectivity index (χ0) is 11.4. The minimum atomic E-state index is 0.676. The Morgan fingerprint density at radius 3 is 2.69 bits per heavy atom. The predicted octanol–water partition coefficient (Wildman–Crippen LogP) is 4.27. The topological polar surface area (TPSA) is 25.5 Å². The molecule has 0 fully saturated rings. The summed E-state index contributed by atoms with van der Waals surface area (Å²) < 4.78 is 7.26. The molecule has 2 nitrogen and oxygen atoms in total. The Labute approximate surface area is 116 Å². The average molecular weight is 390 g/mol. The third-order valence-corrected chi connectivity index (χ3v) is 4.13. The molecule has 0 saturated carbocycles. The Kier molecular flexibility index (Phi) is 4.17. The molecule has 0 aliphatic rings. The fourth-order valence-corrected chi connectivity index (χ4v) is 1.97. The minimum absolute atomic E-state index is 0.676. The number of nitrogens with zero attached hydrogens (tertiary/aromatic N) is 1. The van der Waals surface area contributed by atoms with Crippen molar-refractivity contribution in [2.45, 2.75) is 6.54 Å².